The zero-order chi connectivity index (χ0) is 7.98. The number of alkyl halides is 1. The maximum absolute atomic E-state index is 11.8. The van der Waals surface area contributed by atoms with Crippen molar-refractivity contribution in [1.82, 2.24) is 0 Å². The van der Waals surface area contributed by atoms with Crippen molar-refractivity contribution in [3.05, 3.63) is 12.1 Å². The highest BCUT2D eigenvalue weighted by Crippen LogP contribution is 1.97. The number of carbonyl (C=O) groups excluding carboxylic acids is 1. The minimum atomic E-state index is -1.29. The van der Waals surface area contributed by atoms with Gasteiger partial charge in [0.25, 0.3) is 0 Å². The van der Waals surface area contributed by atoms with E-state index in [2.05, 4.69) is 9.47 Å². The van der Waals surface area contributed by atoms with Gasteiger partial charge in [0, 0.05) is 0 Å². The third kappa shape index (κ3) is 3.82. The number of allylic oxidation sites excluding steroid dienone is 1. The molecule has 0 aliphatic heterocycles. The summed E-state index contributed by atoms with van der Waals surface area (Å²) in [6.45, 7) is -1.29. The molecule has 0 fully saturated rings. The molecule has 0 N–H and O–H groups in total. The van der Waals surface area contributed by atoms with Crippen LogP contribution in [0.3, 0.4) is 0 Å². The first-order valence-corrected chi connectivity index (χ1v) is 2.35. The van der Waals surface area contributed by atoms with E-state index in [0.717, 1.165) is 7.11 Å². The molecule has 0 spiro atoms. The molecule has 3 nitrogen and oxygen atoms in total. The quantitative estimate of drug-likeness (QED) is 0.444. The standard InChI is InChI=1S/C5H6F2O3/c1-9-5(8)10-3-4(7)2-6/h3H,2H2,1H3/b4-3+. The Bertz CT molecular complexity index is 144. The van der Waals surface area contributed by atoms with Crippen LogP contribution < -0.4 is 0 Å². The van der Waals surface area contributed by atoms with Crippen LogP contribution in [-0.4, -0.2) is 19.9 Å². The minimum absolute atomic E-state index is 0.353. The Morgan fingerprint density at radius 2 is 2.30 bits per heavy atom. The van der Waals surface area contributed by atoms with Crippen LogP contribution in [0.5, 0.6) is 0 Å². The summed E-state index contributed by atoms with van der Waals surface area (Å²) in [6.07, 6.45) is -0.727. The second-order valence-corrected chi connectivity index (χ2v) is 1.27. The van der Waals surface area contributed by atoms with Gasteiger partial charge in [0.15, 0.2) is 5.83 Å². The van der Waals surface area contributed by atoms with Gasteiger partial charge in [0.2, 0.25) is 0 Å². The fourth-order valence-electron chi connectivity index (χ4n) is 0.192. The largest absolute Gasteiger partial charge is 0.513 e. The molecule has 0 aromatic heterocycles. The van der Waals surface area contributed by atoms with E-state index >= 15 is 0 Å². The van der Waals surface area contributed by atoms with E-state index in [1.807, 2.05) is 0 Å². The van der Waals surface area contributed by atoms with Gasteiger partial charge in [-0.25, -0.2) is 13.6 Å². The first kappa shape index (κ1) is 8.87. The summed E-state index contributed by atoms with van der Waals surface area (Å²) in [7, 11) is 1.06. The van der Waals surface area contributed by atoms with E-state index in [9.17, 15) is 13.6 Å². The lowest BCUT2D eigenvalue weighted by Gasteiger charge is -1.93. The summed E-state index contributed by atoms with van der Waals surface area (Å²) in [5.74, 6) is -1.16. The van der Waals surface area contributed by atoms with Crippen molar-refractivity contribution < 1.29 is 23.0 Å². The monoisotopic (exact) mass is 152 g/mol. The van der Waals surface area contributed by atoms with E-state index in [1.54, 1.807) is 0 Å². The lowest BCUT2D eigenvalue weighted by atomic mass is 10.6. The molecule has 0 aromatic rings. The van der Waals surface area contributed by atoms with Gasteiger partial charge < -0.3 is 9.47 Å². The van der Waals surface area contributed by atoms with E-state index < -0.39 is 18.7 Å². The molecule has 5 heteroatoms. The molecule has 0 heterocycles. The second kappa shape index (κ2) is 4.72. The van der Waals surface area contributed by atoms with E-state index in [-0.39, 0.29) is 0 Å². The number of rotatable bonds is 2. The van der Waals surface area contributed by atoms with Crippen molar-refractivity contribution in [2.45, 2.75) is 0 Å². The summed E-state index contributed by atoms with van der Waals surface area (Å²) < 4.78 is 30.9. The summed E-state index contributed by atoms with van der Waals surface area (Å²) in [6, 6.07) is 0. The van der Waals surface area contributed by atoms with Crippen LogP contribution in [0, 0.1) is 0 Å². The van der Waals surface area contributed by atoms with Crippen molar-refractivity contribution in [3.8, 4) is 0 Å². The number of carbonyl (C=O) groups is 1. The highest BCUT2D eigenvalue weighted by Gasteiger charge is 1.98. The Morgan fingerprint density at radius 1 is 1.70 bits per heavy atom. The number of hydrogen-bond donors (Lipinski definition) is 0. The third-order valence-corrected chi connectivity index (χ3v) is 0.577. The molecule has 0 unspecified atom stereocenters. The first-order chi connectivity index (χ1) is 4.70. The van der Waals surface area contributed by atoms with Crippen molar-refractivity contribution in [2.24, 2.45) is 0 Å². The third-order valence-electron chi connectivity index (χ3n) is 0.577. The average Bonchev–Trinajstić information content (AvgIpc) is 1.99. The van der Waals surface area contributed by atoms with Gasteiger partial charge in [0.05, 0.1) is 7.11 Å². The first-order valence-electron chi connectivity index (χ1n) is 2.35. The van der Waals surface area contributed by atoms with Crippen LogP contribution in [0.25, 0.3) is 0 Å². The predicted octanol–water partition coefficient (Wildman–Crippen LogP) is 1.55. The summed E-state index contributed by atoms with van der Waals surface area (Å²) in [5, 5.41) is 0. The normalized spacial score (nSPS) is 10.9. The molecular formula is C5H6F2O3. The molecular weight excluding hydrogens is 146 g/mol. The Kier molecular flexibility index (Phi) is 4.19. The molecule has 0 saturated carbocycles. The van der Waals surface area contributed by atoms with Crippen molar-refractivity contribution in [2.75, 3.05) is 13.8 Å². The summed E-state index contributed by atoms with van der Waals surface area (Å²) in [4.78, 5) is 10.1. The second-order valence-electron chi connectivity index (χ2n) is 1.27. The molecule has 0 rings (SSSR count). The molecule has 0 radical (unpaired) electrons. The van der Waals surface area contributed by atoms with Crippen LogP contribution in [0.2, 0.25) is 0 Å². The van der Waals surface area contributed by atoms with Crippen LogP contribution in [0.4, 0.5) is 13.6 Å². The fourth-order valence-corrected chi connectivity index (χ4v) is 0.192. The Morgan fingerprint density at radius 3 is 2.70 bits per heavy atom. The van der Waals surface area contributed by atoms with Crippen molar-refractivity contribution in [3.63, 3.8) is 0 Å². The predicted molar refractivity (Wildman–Crippen MR) is 28.7 cm³/mol. The maximum Gasteiger partial charge on any atom is 0.513 e. The molecule has 10 heavy (non-hydrogen) atoms. The zero-order valence-corrected chi connectivity index (χ0v) is 5.27. The molecule has 0 aromatic carbocycles. The highest BCUT2D eigenvalue weighted by molar-refractivity contribution is 5.60. The van der Waals surface area contributed by atoms with Gasteiger partial charge in [-0.1, -0.05) is 0 Å². The SMILES string of the molecule is COC(=O)O/C=C(/F)CF. The molecule has 0 aliphatic rings. The molecule has 58 valence electrons. The molecule has 0 atom stereocenters. The lowest BCUT2D eigenvalue weighted by Crippen LogP contribution is -1.98. The van der Waals surface area contributed by atoms with E-state index in [4.69, 9.17) is 0 Å². The van der Waals surface area contributed by atoms with Gasteiger partial charge in [-0.15, -0.1) is 0 Å². The molecule has 0 aliphatic carbocycles. The van der Waals surface area contributed by atoms with Crippen LogP contribution in [-0.2, 0) is 9.47 Å². The molecule has 0 amide bonds. The molecule has 0 bridgehead atoms. The smallest absolute Gasteiger partial charge is 0.437 e. The number of ether oxygens (including phenoxy) is 2. The average molecular weight is 152 g/mol. The lowest BCUT2D eigenvalue weighted by molar-refractivity contribution is 0.104. The van der Waals surface area contributed by atoms with Crippen LogP contribution >= 0.6 is 0 Å². The van der Waals surface area contributed by atoms with Gasteiger partial charge in [-0.2, -0.15) is 0 Å². The Balaban J connectivity index is 3.61. The van der Waals surface area contributed by atoms with Gasteiger partial charge in [-0.05, 0) is 0 Å². The molecule has 0 saturated heterocycles. The number of methoxy groups -OCH3 is 1. The minimum Gasteiger partial charge on any atom is -0.437 e. The van der Waals surface area contributed by atoms with Crippen LogP contribution in [0.1, 0.15) is 0 Å². The Labute approximate surface area is 56.2 Å². The number of hydrogen-bond acceptors (Lipinski definition) is 3. The van der Waals surface area contributed by atoms with Crippen molar-refractivity contribution in [1.29, 1.82) is 0 Å². The van der Waals surface area contributed by atoms with Crippen molar-refractivity contribution >= 4 is 6.16 Å². The zero-order valence-electron chi connectivity index (χ0n) is 5.27. The fraction of sp³-hybridized carbons (Fsp3) is 0.400. The Hall–Kier alpha value is -1.13. The topological polar surface area (TPSA) is 35.5 Å². The number of halogens is 2. The summed E-state index contributed by atoms with van der Waals surface area (Å²) >= 11 is 0. The van der Waals surface area contributed by atoms with Gasteiger partial charge in [0.1, 0.15) is 12.9 Å². The van der Waals surface area contributed by atoms with E-state index in [1.165, 1.54) is 0 Å². The highest BCUT2D eigenvalue weighted by atomic mass is 19.2. The van der Waals surface area contributed by atoms with E-state index in [0.29, 0.717) is 6.26 Å². The van der Waals surface area contributed by atoms with Crippen LogP contribution in [0.15, 0.2) is 12.1 Å². The summed E-state index contributed by atoms with van der Waals surface area (Å²) in [5.41, 5.74) is 0. The van der Waals surface area contributed by atoms with Gasteiger partial charge in [-0.3, -0.25) is 0 Å². The maximum atomic E-state index is 11.8. The van der Waals surface area contributed by atoms with Gasteiger partial charge >= 0.3 is 6.16 Å².